The van der Waals surface area contributed by atoms with Gasteiger partial charge in [0.15, 0.2) is 0 Å². The number of nitrogens with zero attached hydrogens (tertiary/aromatic N) is 5. The summed E-state index contributed by atoms with van der Waals surface area (Å²) >= 11 is 0. The van der Waals surface area contributed by atoms with Crippen LogP contribution >= 0.6 is 0 Å². The number of aromatic nitrogens is 4. The minimum Gasteiger partial charge on any atom is -0.292 e. The van der Waals surface area contributed by atoms with E-state index in [0.717, 1.165) is 37.2 Å². The molecule has 1 aromatic carbocycles. The van der Waals surface area contributed by atoms with E-state index in [0.29, 0.717) is 6.04 Å². The Bertz CT molecular complexity index is 917. The third-order valence-corrected chi connectivity index (χ3v) is 5.69. The highest BCUT2D eigenvalue weighted by Crippen LogP contribution is 2.32. The van der Waals surface area contributed by atoms with Gasteiger partial charge in [-0.1, -0.05) is 42.8 Å². The molecule has 2 aromatic heterocycles. The van der Waals surface area contributed by atoms with Gasteiger partial charge >= 0.3 is 0 Å². The van der Waals surface area contributed by atoms with Crippen LogP contribution in [0.3, 0.4) is 0 Å². The van der Waals surface area contributed by atoms with Crippen LogP contribution in [-0.2, 0) is 19.4 Å². The molecule has 3 aromatic rings. The lowest BCUT2D eigenvalue weighted by Crippen LogP contribution is -2.28. The molecule has 5 nitrogen and oxygen atoms in total. The van der Waals surface area contributed by atoms with Gasteiger partial charge in [-0.15, -0.1) is 5.10 Å². The summed E-state index contributed by atoms with van der Waals surface area (Å²) in [5, 5.41) is 8.88. The minimum absolute atomic E-state index is 0.354. The fourth-order valence-corrected chi connectivity index (χ4v) is 4.18. The van der Waals surface area contributed by atoms with Crippen LogP contribution in [0.4, 0.5) is 0 Å². The zero-order valence-electron chi connectivity index (χ0n) is 16.9. The first-order valence-corrected chi connectivity index (χ1v) is 10.4. The van der Waals surface area contributed by atoms with Crippen LogP contribution in [0.1, 0.15) is 61.2 Å². The standard InChI is InChI=1S/C23H29N5/c1-3-4-9-18-10-5-6-13-21(18)28-17-20(25-26-28)16-27(2)22-14-7-11-19-12-8-15-24-23(19)22/h5-6,8,10,12-13,15,17,22H,3-4,7,9,11,14,16H2,1-2H3. The molecule has 1 aliphatic carbocycles. The summed E-state index contributed by atoms with van der Waals surface area (Å²) in [6.07, 6.45) is 10.9. The molecule has 146 valence electrons. The molecule has 0 saturated heterocycles. The fraction of sp³-hybridized carbons (Fsp3) is 0.435. The molecule has 1 aliphatic rings. The Hall–Kier alpha value is -2.53. The maximum atomic E-state index is 4.67. The van der Waals surface area contributed by atoms with Crippen molar-refractivity contribution in [2.45, 2.75) is 58.0 Å². The van der Waals surface area contributed by atoms with E-state index in [2.05, 4.69) is 70.7 Å². The molecular weight excluding hydrogens is 346 g/mol. The minimum atomic E-state index is 0.354. The van der Waals surface area contributed by atoms with Crippen molar-refractivity contribution in [3.05, 3.63) is 71.3 Å². The van der Waals surface area contributed by atoms with E-state index in [1.807, 2.05) is 16.9 Å². The molecule has 5 heteroatoms. The van der Waals surface area contributed by atoms with Crippen LogP contribution < -0.4 is 0 Å². The second-order valence-corrected chi connectivity index (χ2v) is 7.76. The first-order chi connectivity index (χ1) is 13.8. The number of para-hydroxylation sites is 1. The monoisotopic (exact) mass is 375 g/mol. The Kier molecular flexibility index (Phi) is 5.81. The van der Waals surface area contributed by atoms with E-state index in [4.69, 9.17) is 0 Å². The lowest BCUT2D eigenvalue weighted by molar-refractivity contribution is 0.206. The average Bonchev–Trinajstić information content (AvgIpc) is 3.20. The topological polar surface area (TPSA) is 46.8 Å². The van der Waals surface area contributed by atoms with E-state index in [1.165, 1.54) is 36.1 Å². The number of rotatable bonds is 7. The van der Waals surface area contributed by atoms with E-state index >= 15 is 0 Å². The lowest BCUT2D eigenvalue weighted by atomic mass is 9.91. The van der Waals surface area contributed by atoms with Crippen LogP contribution in [0.15, 0.2) is 48.8 Å². The number of unbranched alkanes of at least 4 members (excludes halogenated alkanes) is 1. The van der Waals surface area contributed by atoms with Crippen molar-refractivity contribution < 1.29 is 0 Å². The summed E-state index contributed by atoms with van der Waals surface area (Å²) in [5.74, 6) is 0. The molecule has 0 N–H and O–H groups in total. The van der Waals surface area contributed by atoms with Crippen LogP contribution in [0.25, 0.3) is 5.69 Å². The molecule has 0 fully saturated rings. The molecular formula is C23H29N5. The summed E-state index contributed by atoms with van der Waals surface area (Å²) in [5.41, 5.74) is 6.09. The number of hydrogen-bond donors (Lipinski definition) is 0. The first-order valence-electron chi connectivity index (χ1n) is 10.4. The summed E-state index contributed by atoms with van der Waals surface area (Å²) in [6, 6.07) is 13.1. The number of aryl methyl sites for hydroxylation is 2. The fourth-order valence-electron chi connectivity index (χ4n) is 4.18. The Labute approximate surface area is 167 Å². The Morgan fingerprint density at radius 3 is 2.96 bits per heavy atom. The second kappa shape index (κ2) is 8.65. The van der Waals surface area contributed by atoms with Gasteiger partial charge in [-0.05, 0) is 62.4 Å². The van der Waals surface area contributed by atoms with Crippen molar-refractivity contribution in [2.24, 2.45) is 0 Å². The van der Waals surface area contributed by atoms with Crippen LogP contribution in [-0.4, -0.2) is 31.9 Å². The molecule has 0 radical (unpaired) electrons. The van der Waals surface area contributed by atoms with Crippen molar-refractivity contribution in [1.82, 2.24) is 24.9 Å². The first kappa shape index (κ1) is 18.8. The molecule has 1 unspecified atom stereocenters. The summed E-state index contributed by atoms with van der Waals surface area (Å²) < 4.78 is 1.93. The highest BCUT2D eigenvalue weighted by atomic mass is 15.4. The zero-order valence-corrected chi connectivity index (χ0v) is 16.9. The van der Waals surface area contributed by atoms with Crippen LogP contribution in [0.2, 0.25) is 0 Å². The van der Waals surface area contributed by atoms with Crippen LogP contribution in [0, 0.1) is 0 Å². The zero-order chi connectivity index (χ0) is 19.3. The van der Waals surface area contributed by atoms with Crippen molar-refractivity contribution >= 4 is 0 Å². The molecule has 0 aliphatic heterocycles. The molecule has 2 heterocycles. The van der Waals surface area contributed by atoms with Gasteiger partial charge in [-0.25, -0.2) is 4.68 Å². The summed E-state index contributed by atoms with van der Waals surface area (Å²) in [6.45, 7) is 3.00. The Morgan fingerprint density at radius 2 is 2.07 bits per heavy atom. The third kappa shape index (κ3) is 3.99. The summed E-state index contributed by atoms with van der Waals surface area (Å²) in [7, 11) is 2.17. The van der Waals surface area contributed by atoms with E-state index in [1.54, 1.807) is 0 Å². The average molecular weight is 376 g/mol. The predicted octanol–water partition coefficient (Wildman–Crippen LogP) is 4.51. The third-order valence-electron chi connectivity index (χ3n) is 5.69. The van der Waals surface area contributed by atoms with E-state index in [9.17, 15) is 0 Å². The highest BCUT2D eigenvalue weighted by molar-refractivity contribution is 5.40. The SMILES string of the molecule is CCCCc1ccccc1-n1cc(CN(C)C2CCCc3cccnc32)nn1. The van der Waals surface area contributed by atoms with Crippen LogP contribution in [0.5, 0.6) is 0 Å². The van der Waals surface area contributed by atoms with Crippen molar-refractivity contribution in [3.8, 4) is 5.69 Å². The molecule has 0 spiro atoms. The Balaban J connectivity index is 1.50. The van der Waals surface area contributed by atoms with E-state index in [-0.39, 0.29) is 0 Å². The number of hydrogen-bond acceptors (Lipinski definition) is 4. The quantitative estimate of drug-likeness (QED) is 0.609. The molecule has 0 amide bonds. The van der Waals surface area contributed by atoms with Crippen molar-refractivity contribution in [3.63, 3.8) is 0 Å². The smallest absolute Gasteiger partial charge is 0.0971 e. The molecule has 0 saturated carbocycles. The van der Waals surface area contributed by atoms with E-state index < -0.39 is 0 Å². The Morgan fingerprint density at radius 1 is 1.18 bits per heavy atom. The van der Waals surface area contributed by atoms with Gasteiger partial charge in [0.25, 0.3) is 0 Å². The van der Waals surface area contributed by atoms with Crippen molar-refractivity contribution in [2.75, 3.05) is 7.05 Å². The molecule has 0 bridgehead atoms. The lowest BCUT2D eigenvalue weighted by Gasteiger charge is -2.31. The number of fused-ring (bicyclic) bond motifs is 1. The van der Waals surface area contributed by atoms with Gasteiger partial charge in [-0.3, -0.25) is 9.88 Å². The molecule has 28 heavy (non-hydrogen) atoms. The highest BCUT2D eigenvalue weighted by Gasteiger charge is 2.25. The molecule has 1 atom stereocenters. The van der Waals surface area contributed by atoms with Gasteiger partial charge < -0.3 is 0 Å². The van der Waals surface area contributed by atoms with Gasteiger partial charge in [0, 0.05) is 12.7 Å². The maximum Gasteiger partial charge on any atom is 0.0971 e. The van der Waals surface area contributed by atoms with Gasteiger partial charge in [0.05, 0.1) is 29.3 Å². The van der Waals surface area contributed by atoms with Gasteiger partial charge in [-0.2, -0.15) is 0 Å². The van der Waals surface area contributed by atoms with Gasteiger partial charge in [0.2, 0.25) is 0 Å². The number of benzene rings is 1. The second-order valence-electron chi connectivity index (χ2n) is 7.76. The molecule has 4 rings (SSSR count). The summed E-state index contributed by atoms with van der Waals surface area (Å²) in [4.78, 5) is 7.04. The maximum absolute atomic E-state index is 4.67. The number of pyridine rings is 1. The largest absolute Gasteiger partial charge is 0.292 e. The van der Waals surface area contributed by atoms with Gasteiger partial charge in [0.1, 0.15) is 0 Å². The normalized spacial score (nSPS) is 16.3. The predicted molar refractivity (Wildman–Crippen MR) is 111 cm³/mol. The van der Waals surface area contributed by atoms with Crippen molar-refractivity contribution in [1.29, 1.82) is 0 Å².